The van der Waals surface area contributed by atoms with Crippen molar-refractivity contribution in [2.45, 2.75) is 77.5 Å². The van der Waals surface area contributed by atoms with Crippen molar-refractivity contribution in [1.82, 2.24) is 5.32 Å². The molecule has 1 aromatic carbocycles. The number of rotatable bonds is 5. The number of fused-ring (bicyclic) bond motifs is 1. The number of carbonyl (C=O) groups is 1. The Labute approximate surface area is 148 Å². The van der Waals surface area contributed by atoms with E-state index in [0.717, 1.165) is 24.8 Å². The Balaban J connectivity index is 2.07. The Bertz CT molecular complexity index is 598. The lowest BCUT2D eigenvalue weighted by atomic mass is 9.87. The van der Waals surface area contributed by atoms with Gasteiger partial charge in [-0.05, 0) is 69.7 Å². The van der Waals surface area contributed by atoms with Gasteiger partial charge in [0.25, 0.3) is 0 Å². The van der Waals surface area contributed by atoms with Crippen molar-refractivity contribution >= 4 is 17.6 Å². The molecular formula is C19H27ClFNO2. The molecule has 0 radical (unpaired) electrons. The summed E-state index contributed by atoms with van der Waals surface area (Å²) in [6.45, 7) is 7.63. The normalized spacial score (nSPS) is 18.8. The van der Waals surface area contributed by atoms with Crippen molar-refractivity contribution in [2.75, 3.05) is 0 Å². The Hall–Kier alpha value is -1.13. The molecule has 0 unspecified atom stereocenters. The van der Waals surface area contributed by atoms with Crippen molar-refractivity contribution in [3.05, 3.63) is 34.1 Å². The molecule has 1 aromatic rings. The maximum Gasteiger partial charge on any atom is 0.323 e. The molecule has 0 amide bonds. The molecule has 5 heteroatoms. The van der Waals surface area contributed by atoms with E-state index >= 15 is 0 Å². The van der Waals surface area contributed by atoms with E-state index < -0.39 is 5.60 Å². The molecule has 134 valence electrons. The summed E-state index contributed by atoms with van der Waals surface area (Å²) in [6.07, 6.45) is 3.78. The van der Waals surface area contributed by atoms with Gasteiger partial charge in [-0.25, -0.2) is 4.39 Å². The number of hydrogen-bond acceptors (Lipinski definition) is 3. The lowest BCUT2D eigenvalue weighted by molar-refractivity contribution is -0.158. The van der Waals surface area contributed by atoms with Gasteiger partial charge in [0, 0.05) is 11.1 Å². The highest BCUT2D eigenvalue weighted by Crippen LogP contribution is 2.28. The molecule has 0 aromatic heterocycles. The van der Waals surface area contributed by atoms with E-state index in [0.29, 0.717) is 23.4 Å². The zero-order valence-electron chi connectivity index (χ0n) is 14.9. The van der Waals surface area contributed by atoms with Crippen LogP contribution in [0.5, 0.6) is 0 Å². The zero-order chi connectivity index (χ0) is 17.9. The van der Waals surface area contributed by atoms with Gasteiger partial charge in [0.05, 0.1) is 0 Å². The van der Waals surface area contributed by atoms with E-state index in [1.165, 1.54) is 6.07 Å². The van der Waals surface area contributed by atoms with Gasteiger partial charge < -0.3 is 10.1 Å². The smallest absolute Gasteiger partial charge is 0.323 e. The third-order valence-corrected chi connectivity index (χ3v) is 4.39. The molecule has 2 atom stereocenters. The molecule has 0 fully saturated rings. The second-order valence-electron chi connectivity index (χ2n) is 7.51. The Morgan fingerprint density at radius 3 is 2.79 bits per heavy atom. The number of nitrogens with one attached hydrogen (secondary N) is 1. The minimum atomic E-state index is -0.507. The summed E-state index contributed by atoms with van der Waals surface area (Å²) in [6, 6.07) is 2.92. The average molecular weight is 356 g/mol. The summed E-state index contributed by atoms with van der Waals surface area (Å²) in [5, 5.41) is 3.83. The number of aryl methyl sites for hydroxylation is 1. The molecule has 0 bridgehead atoms. The SMILES string of the molecule is CCC[C@H](N[C@H]1CCc2cc(Cl)cc(F)c2C1)C(=O)OC(C)(C)C. The number of carbonyl (C=O) groups excluding carboxylic acids is 1. The molecule has 0 saturated carbocycles. The fourth-order valence-corrected chi connectivity index (χ4v) is 3.37. The summed E-state index contributed by atoms with van der Waals surface area (Å²) in [5.41, 5.74) is 1.18. The quantitative estimate of drug-likeness (QED) is 0.794. The van der Waals surface area contributed by atoms with Crippen molar-refractivity contribution in [3.8, 4) is 0 Å². The van der Waals surface area contributed by atoms with Gasteiger partial charge in [-0.3, -0.25) is 4.79 Å². The van der Waals surface area contributed by atoms with Crippen molar-refractivity contribution in [2.24, 2.45) is 0 Å². The van der Waals surface area contributed by atoms with E-state index in [1.807, 2.05) is 33.8 Å². The van der Waals surface area contributed by atoms with Crippen LogP contribution in [-0.4, -0.2) is 23.7 Å². The summed E-state index contributed by atoms with van der Waals surface area (Å²) in [4.78, 5) is 12.4. The van der Waals surface area contributed by atoms with Gasteiger partial charge in [-0.15, -0.1) is 0 Å². The summed E-state index contributed by atoms with van der Waals surface area (Å²) < 4.78 is 19.7. The highest BCUT2D eigenvalue weighted by Gasteiger charge is 2.29. The number of ether oxygens (including phenoxy) is 1. The van der Waals surface area contributed by atoms with Crippen molar-refractivity contribution in [1.29, 1.82) is 0 Å². The number of benzene rings is 1. The molecule has 2 rings (SSSR count). The van der Waals surface area contributed by atoms with Crippen LogP contribution in [0.15, 0.2) is 12.1 Å². The molecule has 0 heterocycles. The van der Waals surface area contributed by atoms with Gasteiger partial charge in [-0.1, -0.05) is 24.9 Å². The highest BCUT2D eigenvalue weighted by molar-refractivity contribution is 6.30. The Morgan fingerprint density at radius 2 is 2.17 bits per heavy atom. The Kier molecular flexibility index (Phi) is 6.27. The van der Waals surface area contributed by atoms with E-state index in [1.54, 1.807) is 0 Å². The lowest BCUT2D eigenvalue weighted by Gasteiger charge is -2.31. The first-order valence-corrected chi connectivity index (χ1v) is 9.03. The second kappa shape index (κ2) is 7.83. The van der Waals surface area contributed by atoms with E-state index in [2.05, 4.69) is 5.32 Å². The molecule has 24 heavy (non-hydrogen) atoms. The van der Waals surface area contributed by atoms with Gasteiger partial charge in [0.1, 0.15) is 17.5 Å². The molecule has 0 saturated heterocycles. The van der Waals surface area contributed by atoms with Crippen LogP contribution in [0.25, 0.3) is 0 Å². The maximum atomic E-state index is 14.2. The van der Waals surface area contributed by atoms with Crippen LogP contribution in [0, 0.1) is 5.82 Å². The minimum Gasteiger partial charge on any atom is -0.459 e. The fraction of sp³-hybridized carbons (Fsp3) is 0.632. The van der Waals surface area contributed by atoms with Crippen molar-refractivity contribution < 1.29 is 13.9 Å². The van der Waals surface area contributed by atoms with Crippen LogP contribution in [0.3, 0.4) is 0 Å². The average Bonchev–Trinajstić information content (AvgIpc) is 2.45. The van der Waals surface area contributed by atoms with Crippen LogP contribution in [-0.2, 0) is 22.4 Å². The van der Waals surface area contributed by atoms with Crippen LogP contribution in [0.1, 0.15) is 58.1 Å². The van der Waals surface area contributed by atoms with Gasteiger partial charge in [0.2, 0.25) is 0 Å². The second-order valence-corrected chi connectivity index (χ2v) is 7.94. The number of hydrogen-bond donors (Lipinski definition) is 1. The first-order valence-electron chi connectivity index (χ1n) is 8.65. The van der Waals surface area contributed by atoms with Crippen LogP contribution in [0.4, 0.5) is 4.39 Å². The third kappa shape index (κ3) is 5.18. The van der Waals surface area contributed by atoms with E-state index in [9.17, 15) is 9.18 Å². The third-order valence-electron chi connectivity index (χ3n) is 4.17. The molecule has 3 nitrogen and oxygen atoms in total. The lowest BCUT2D eigenvalue weighted by Crippen LogP contribution is -2.48. The molecule has 1 N–H and O–H groups in total. The number of halogens is 2. The molecule has 0 spiro atoms. The number of esters is 1. The maximum absolute atomic E-state index is 14.2. The summed E-state index contributed by atoms with van der Waals surface area (Å²) >= 11 is 5.93. The first kappa shape index (κ1) is 19.2. The van der Waals surface area contributed by atoms with Crippen LogP contribution >= 0.6 is 11.6 Å². The predicted molar refractivity (Wildman–Crippen MR) is 94.9 cm³/mol. The zero-order valence-corrected chi connectivity index (χ0v) is 15.7. The van der Waals surface area contributed by atoms with Crippen LogP contribution in [0.2, 0.25) is 5.02 Å². The van der Waals surface area contributed by atoms with E-state index in [4.69, 9.17) is 16.3 Å². The summed E-state index contributed by atoms with van der Waals surface area (Å²) in [7, 11) is 0. The topological polar surface area (TPSA) is 38.3 Å². The van der Waals surface area contributed by atoms with Gasteiger partial charge in [0.15, 0.2) is 0 Å². The molecule has 1 aliphatic rings. The monoisotopic (exact) mass is 355 g/mol. The molecular weight excluding hydrogens is 329 g/mol. The van der Waals surface area contributed by atoms with Crippen molar-refractivity contribution in [3.63, 3.8) is 0 Å². The molecule has 1 aliphatic carbocycles. The predicted octanol–water partition coefficient (Wildman–Crippen LogP) is 4.44. The minimum absolute atomic E-state index is 0.0669. The van der Waals surface area contributed by atoms with Crippen LogP contribution < -0.4 is 5.32 Å². The van der Waals surface area contributed by atoms with Gasteiger partial charge in [-0.2, -0.15) is 0 Å². The van der Waals surface area contributed by atoms with Gasteiger partial charge >= 0.3 is 5.97 Å². The first-order chi connectivity index (χ1) is 11.2. The van der Waals surface area contributed by atoms with E-state index in [-0.39, 0.29) is 23.9 Å². The summed E-state index contributed by atoms with van der Waals surface area (Å²) in [5.74, 6) is -0.486. The fourth-order valence-electron chi connectivity index (χ4n) is 3.14. The Morgan fingerprint density at radius 1 is 1.46 bits per heavy atom. The molecule has 0 aliphatic heterocycles. The highest BCUT2D eigenvalue weighted by atomic mass is 35.5. The largest absolute Gasteiger partial charge is 0.459 e. The standard InChI is InChI=1S/C19H27ClFNO2/c1-5-6-17(18(23)24-19(2,3)4)22-14-8-7-12-9-13(20)10-16(21)15(12)11-14/h9-10,14,17,22H,5-8,11H2,1-4H3/t14-,17-/m0/s1.